The van der Waals surface area contributed by atoms with Crippen molar-refractivity contribution in [1.29, 1.82) is 0 Å². The molecular formula is C15H25N3O5S. The zero-order valence-electron chi connectivity index (χ0n) is 22.0. The minimum absolute atomic E-state index is 0.0591. The Morgan fingerprint density at radius 3 is 2.71 bits per heavy atom. The number of hydrogen-bond acceptors (Lipinski definition) is 6. The van der Waals surface area contributed by atoms with Gasteiger partial charge in [0.15, 0.2) is 0 Å². The van der Waals surface area contributed by atoms with Gasteiger partial charge < -0.3 is 20.3 Å². The van der Waals surface area contributed by atoms with E-state index in [2.05, 4.69) is 14.8 Å². The van der Waals surface area contributed by atoms with E-state index in [1.807, 2.05) is 0 Å². The van der Waals surface area contributed by atoms with Crippen LogP contribution in [0.4, 0.5) is 0 Å². The van der Waals surface area contributed by atoms with Gasteiger partial charge in [-0.2, -0.15) is 16.6 Å². The largest absolute Gasteiger partial charge is 0.461 e. The molecule has 0 saturated heterocycles. The van der Waals surface area contributed by atoms with Gasteiger partial charge in [0, 0.05) is 21.7 Å². The molecule has 1 N–H and O–H groups in total. The van der Waals surface area contributed by atoms with Crippen LogP contribution in [0.25, 0.3) is 5.53 Å². The third-order valence-electron chi connectivity index (χ3n) is 2.74. The number of hydrogen-bond donors (Lipinski definition) is 1. The summed E-state index contributed by atoms with van der Waals surface area (Å²) in [4.78, 5) is 39.3. The number of amides is 1. The summed E-state index contributed by atoms with van der Waals surface area (Å²) in [5.41, 5.74) is 8.41. The van der Waals surface area contributed by atoms with E-state index in [9.17, 15) is 14.4 Å². The van der Waals surface area contributed by atoms with Crippen molar-refractivity contribution in [2.45, 2.75) is 51.2 Å². The highest BCUT2D eigenvalue weighted by molar-refractivity contribution is 7.98. The van der Waals surface area contributed by atoms with Crippen LogP contribution < -0.4 is 5.32 Å². The molecule has 8 nitrogen and oxygen atoms in total. The minimum Gasteiger partial charge on any atom is -0.461 e. The lowest BCUT2D eigenvalue weighted by atomic mass is 10.1. The molecule has 0 saturated carbocycles. The molecule has 0 fully saturated rings. The number of ketones is 1. The average Bonchev–Trinajstić information content (AvgIpc) is 2.63. The SMILES string of the molecule is [2H]C([2H])([2H])O[C@@H](CCSC)C(=O)N[C@@H](CCC(=O)C=[N+]=[N-])C(=O)OC(C([2H])([2H])[2H])C([2H])([2H])[2H]. The summed E-state index contributed by atoms with van der Waals surface area (Å²) in [7, 11) is -2.95. The van der Waals surface area contributed by atoms with Gasteiger partial charge in [0.1, 0.15) is 12.1 Å². The molecule has 9 heteroatoms. The van der Waals surface area contributed by atoms with E-state index in [4.69, 9.17) is 22.6 Å². The van der Waals surface area contributed by atoms with Crippen LogP contribution >= 0.6 is 11.8 Å². The molecule has 136 valence electrons. The van der Waals surface area contributed by atoms with Gasteiger partial charge in [0.2, 0.25) is 11.7 Å². The number of carbonyl (C=O) groups excluding carboxylic acids is 3. The quantitative estimate of drug-likeness (QED) is 0.236. The van der Waals surface area contributed by atoms with Crippen molar-refractivity contribution in [2.24, 2.45) is 0 Å². The molecule has 0 aromatic rings. The summed E-state index contributed by atoms with van der Waals surface area (Å²) >= 11 is 1.29. The topological polar surface area (TPSA) is 118 Å². The monoisotopic (exact) mass is 368 g/mol. The van der Waals surface area contributed by atoms with Gasteiger partial charge in [-0.25, -0.2) is 4.79 Å². The van der Waals surface area contributed by atoms with Gasteiger partial charge in [-0.3, -0.25) is 9.59 Å². The van der Waals surface area contributed by atoms with Crippen LogP contribution in [-0.4, -0.2) is 66.0 Å². The van der Waals surface area contributed by atoms with E-state index >= 15 is 0 Å². The van der Waals surface area contributed by atoms with E-state index in [1.54, 1.807) is 6.26 Å². The summed E-state index contributed by atoms with van der Waals surface area (Å²) in [6.45, 7) is -6.44. The Hall–Kier alpha value is -1.70. The number of Topliss-reactive ketones (excluding diaryl/α,β-unsaturated/α-hetero) is 1. The Morgan fingerprint density at radius 1 is 1.38 bits per heavy atom. The van der Waals surface area contributed by atoms with Gasteiger partial charge in [0.05, 0.1) is 10.2 Å². The van der Waals surface area contributed by atoms with Gasteiger partial charge in [-0.1, -0.05) is 0 Å². The molecule has 0 aromatic carbocycles. The molecule has 0 bridgehead atoms. The second-order valence-corrected chi connectivity index (χ2v) is 5.50. The number of nitrogens with zero attached hydrogens (tertiary/aromatic N) is 2. The van der Waals surface area contributed by atoms with Crippen molar-refractivity contribution in [3.05, 3.63) is 5.53 Å². The summed E-state index contributed by atoms with van der Waals surface area (Å²) in [5, 5.41) is 2.13. The normalized spacial score (nSPS) is 20.0. The third-order valence-corrected chi connectivity index (χ3v) is 3.38. The number of carbonyl (C=O) groups is 3. The van der Waals surface area contributed by atoms with E-state index in [-0.39, 0.29) is 6.42 Å². The first-order chi connectivity index (χ1) is 14.9. The second kappa shape index (κ2) is 12.7. The van der Waals surface area contributed by atoms with Crippen LogP contribution in [-0.2, 0) is 23.9 Å². The first kappa shape index (κ1) is 11.0. The van der Waals surface area contributed by atoms with Crippen molar-refractivity contribution in [2.75, 3.05) is 19.0 Å². The molecule has 0 radical (unpaired) electrons. The first-order valence-electron chi connectivity index (χ1n) is 11.3. The standard InChI is InChI=1S/C15H25N3O5S/c1-10(2)23-15(21)12(6-5-11(19)9-17-16)18-14(20)13(22-3)7-8-24-4/h9-10,12-13H,5-8H2,1-4H3,(H,18,20)/t12-,13-/m0/s1/i1D3,2D3,3D3. The van der Waals surface area contributed by atoms with Crippen LogP contribution in [0.15, 0.2) is 0 Å². The maximum atomic E-state index is 12.6. The zero-order chi connectivity index (χ0) is 26.0. The molecule has 0 aromatic heterocycles. The molecule has 0 heterocycles. The van der Waals surface area contributed by atoms with Gasteiger partial charge in [-0.15, -0.1) is 0 Å². The second-order valence-electron chi connectivity index (χ2n) is 4.52. The fraction of sp³-hybridized carbons (Fsp3) is 0.733. The van der Waals surface area contributed by atoms with E-state index in [1.165, 1.54) is 11.8 Å². The van der Waals surface area contributed by atoms with Gasteiger partial charge in [0.25, 0.3) is 0 Å². The Kier molecular flexibility index (Phi) is 5.83. The van der Waals surface area contributed by atoms with Crippen LogP contribution in [0, 0.1) is 0 Å². The van der Waals surface area contributed by atoms with E-state index < -0.39 is 69.5 Å². The molecule has 0 aliphatic carbocycles. The molecule has 24 heavy (non-hydrogen) atoms. The Labute approximate surface area is 158 Å². The number of ether oxygens (including phenoxy) is 2. The predicted octanol–water partition coefficient (Wildman–Crippen LogP) is 0.841. The maximum absolute atomic E-state index is 12.6. The summed E-state index contributed by atoms with van der Waals surface area (Å²) in [6, 6.07) is -1.72. The first-order valence-corrected chi connectivity index (χ1v) is 8.19. The molecule has 1 amide bonds. The summed E-state index contributed by atoms with van der Waals surface area (Å²) in [6.07, 6.45) is -2.86. The van der Waals surface area contributed by atoms with E-state index in [0.29, 0.717) is 12.0 Å². The van der Waals surface area contributed by atoms with Crippen molar-refractivity contribution >= 4 is 35.6 Å². The molecule has 0 aliphatic rings. The minimum atomic E-state index is -3.22. The van der Waals surface area contributed by atoms with Crippen molar-refractivity contribution in [3.8, 4) is 0 Å². The van der Waals surface area contributed by atoms with Crippen molar-refractivity contribution in [3.63, 3.8) is 0 Å². The number of methoxy groups -OCH3 is 1. The molecule has 0 aliphatic heterocycles. The smallest absolute Gasteiger partial charge is 0.328 e. The molecule has 0 spiro atoms. The highest BCUT2D eigenvalue weighted by Gasteiger charge is 2.27. The van der Waals surface area contributed by atoms with Crippen LogP contribution in [0.5, 0.6) is 0 Å². The Bertz CT molecular complexity index is 722. The average molecular weight is 369 g/mol. The number of rotatable bonds is 12. The fourth-order valence-corrected chi connectivity index (χ4v) is 2.05. The Balaban J connectivity index is 5.78. The fourth-order valence-electron chi connectivity index (χ4n) is 1.60. The molecule has 0 unspecified atom stereocenters. The number of thioether (sulfide) groups is 1. The van der Waals surface area contributed by atoms with Gasteiger partial charge in [-0.05, 0) is 38.6 Å². The third kappa shape index (κ3) is 9.44. The van der Waals surface area contributed by atoms with Crippen molar-refractivity contribution < 1.29 is 41.0 Å². The predicted molar refractivity (Wildman–Crippen MR) is 90.9 cm³/mol. The lowest BCUT2D eigenvalue weighted by Gasteiger charge is -2.21. The lowest BCUT2D eigenvalue weighted by Crippen LogP contribution is -2.47. The van der Waals surface area contributed by atoms with Crippen LogP contribution in [0.1, 0.15) is 45.3 Å². The van der Waals surface area contributed by atoms with Gasteiger partial charge >= 0.3 is 12.2 Å². The highest BCUT2D eigenvalue weighted by Crippen LogP contribution is 2.07. The summed E-state index contributed by atoms with van der Waals surface area (Å²) in [5.74, 6) is -2.99. The zero-order valence-corrected chi connectivity index (χ0v) is 13.8. The van der Waals surface area contributed by atoms with Crippen molar-refractivity contribution in [1.82, 2.24) is 5.32 Å². The van der Waals surface area contributed by atoms with Crippen LogP contribution in [0.3, 0.4) is 0 Å². The summed E-state index contributed by atoms with van der Waals surface area (Å²) < 4.78 is 74.9. The molecule has 2 atom stereocenters. The van der Waals surface area contributed by atoms with E-state index in [0.717, 1.165) is 0 Å². The molecular weight excluding hydrogens is 334 g/mol. The molecule has 0 rings (SSSR count). The highest BCUT2D eigenvalue weighted by atomic mass is 32.2. The van der Waals surface area contributed by atoms with Crippen LogP contribution in [0.2, 0.25) is 0 Å². The number of esters is 1. The maximum Gasteiger partial charge on any atom is 0.328 e. The Morgan fingerprint density at radius 2 is 2.12 bits per heavy atom. The number of nitrogens with one attached hydrogen (secondary N) is 1. The lowest BCUT2D eigenvalue weighted by molar-refractivity contribution is -0.152.